The van der Waals surface area contributed by atoms with Crippen LogP contribution in [0.15, 0.2) is 12.1 Å². The molecular weight excluding hydrogens is 258 g/mol. The zero-order valence-electron chi connectivity index (χ0n) is 10.3. The maximum absolute atomic E-state index is 13.4. The molecule has 1 aliphatic rings. The van der Waals surface area contributed by atoms with Crippen LogP contribution >= 0.6 is 0 Å². The number of carbonyl (C=O) groups excluding carboxylic acids is 1. The average Bonchev–Trinajstić information content (AvgIpc) is 2.75. The molecule has 1 aliphatic heterocycles. The lowest BCUT2D eigenvalue weighted by molar-refractivity contribution is 0.176. The van der Waals surface area contributed by atoms with E-state index in [-0.39, 0.29) is 12.2 Å². The van der Waals surface area contributed by atoms with Gasteiger partial charge in [0, 0.05) is 30.9 Å². The summed E-state index contributed by atoms with van der Waals surface area (Å²) < 4.78 is 31.4. The molecule has 1 aromatic carbocycles. The molecule has 19 heavy (non-hydrogen) atoms. The fraction of sp³-hybridized carbons (Fsp3) is 0.417. The number of aliphatic hydroxyl groups is 1. The molecule has 104 valence electrons. The molecule has 1 heterocycles. The molecule has 0 saturated carbocycles. The van der Waals surface area contributed by atoms with Crippen molar-refractivity contribution < 1.29 is 23.4 Å². The van der Waals surface area contributed by atoms with Gasteiger partial charge in [0.1, 0.15) is 0 Å². The minimum atomic E-state index is -0.890. The first-order chi connectivity index (χ1) is 9.01. The Morgan fingerprint density at radius 1 is 1.47 bits per heavy atom. The van der Waals surface area contributed by atoms with E-state index in [1.54, 1.807) is 0 Å². The van der Waals surface area contributed by atoms with Crippen molar-refractivity contribution in [3.8, 4) is 5.75 Å². The largest absolute Gasteiger partial charge is 0.491 e. The number of amides is 2. The first kappa shape index (κ1) is 13.5. The molecule has 1 aromatic rings. The van der Waals surface area contributed by atoms with Gasteiger partial charge in [-0.1, -0.05) is 0 Å². The second kappa shape index (κ2) is 5.40. The topological polar surface area (TPSA) is 61.8 Å². The van der Waals surface area contributed by atoms with Crippen LogP contribution in [0.4, 0.5) is 19.3 Å². The van der Waals surface area contributed by atoms with Gasteiger partial charge in [-0.15, -0.1) is 0 Å². The van der Waals surface area contributed by atoms with Gasteiger partial charge in [0.25, 0.3) is 0 Å². The van der Waals surface area contributed by atoms with Gasteiger partial charge in [-0.2, -0.15) is 0 Å². The van der Waals surface area contributed by atoms with Crippen molar-refractivity contribution in [1.29, 1.82) is 0 Å². The third kappa shape index (κ3) is 2.93. The SMILES string of the molecule is COc1c(F)cc(NC(=O)N2CC[C@H](O)C2)cc1F. The normalized spacial score (nSPS) is 18.5. The highest BCUT2D eigenvalue weighted by Crippen LogP contribution is 2.25. The summed E-state index contributed by atoms with van der Waals surface area (Å²) in [6.07, 6.45) is -0.0474. The number of likely N-dealkylation sites (tertiary alicyclic amines) is 1. The minimum Gasteiger partial charge on any atom is -0.491 e. The van der Waals surface area contributed by atoms with E-state index in [1.807, 2.05) is 0 Å². The number of ether oxygens (including phenoxy) is 1. The highest BCUT2D eigenvalue weighted by molar-refractivity contribution is 5.89. The predicted octanol–water partition coefficient (Wildman–Crippen LogP) is 1.57. The van der Waals surface area contributed by atoms with Crippen LogP contribution in [-0.2, 0) is 0 Å². The van der Waals surface area contributed by atoms with Crippen molar-refractivity contribution in [1.82, 2.24) is 4.90 Å². The molecule has 1 saturated heterocycles. The molecule has 1 atom stereocenters. The predicted molar refractivity (Wildman–Crippen MR) is 64.1 cm³/mol. The molecule has 2 rings (SSSR count). The third-order valence-electron chi connectivity index (χ3n) is 2.90. The van der Waals surface area contributed by atoms with Crippen LogP contribution < -0.4 is 10.1 Å². The standard InChI is InChI=1S/C12H14F2N2O3/c1-19-11-9(13)4-7(5-10(11)14)15-12(18)16-3-2-8(17)6-16/h4-5,8,17H,2-3,6H2,1H3,(H,15,18)/t8-/m0/s1. The summed E-state index contributed by atoms with van der Waals surface area (Å²) in [6, 6.07) is 1.46. The second-order valence-electron chi connectivity index (χ2n) is 4.29. The van der Waals surface area contributed by atoms with Gasteiger partial charge in [-0.3, -0.25) is 0 Å². The number of aliphatic hydroxyl groups excluding tert-OH is 1. The second-order valence-corrected chi connectivity index (χ2v) is 4.29. The van der Waals surface area contributed by atoms with Gasteiger partial charge in [-0.05, 0) is 6.42 Å². The molecule has 0 aliphatic carbocycles. The summed E-state index contributed by atoms with van der Waals surface area (Å²) in [7, 11) is 1.16. The number of anilines is 1. The summed E-state index contributed by atoms with van der Waals surface area (Å²) in [4.78, 5) is 13.1. The molecular formula is C12H14F2N2O3. The van der Waals surface area contributed by atoms with E-state index in [0.717, 1.165) is 19.2 Å². The number of carbonyl (C=O) groups is 1. The first-order valence-corrected chi connectivity index (χ1v) is 5.78. The Hall–Kier alpha value is -1.89. The summed E-state index contributed by atoms with van der Waals surface area (Å²) >= 11 is 0. The number of nitrogens with one attached hydrogen (secondary N) is 1. The summed E-state index contributed by atoms with van der Waals surface area (Å²) in [5.41, 5.74) is 0.00203. The van der Waals surface area contributed by atoms with Gasteiger partial charge in [0.05, 0.1) is 13.2 Å². The van der Waals surface area contributed by atoms with E-state index >= 15 is 0 Å². The zero-order chi connectivity index (χ0) is 14.0. The van der Waals surface area contributed by atoms with Gasteiger partial charge >= 0.3 is 6.03 Å². The number of benzene rings is 1. The lowest BCUT2D eigenvalue weighted by Crippen LogP contribution is -2.33. The minimum absolute atomic E-state index is 0.00203. The van der Waals surface area contributed by atoms with E-state index in [1.165, 1.54) is 4.90 Å². The lowest BCUT2D eigenvalue weighted by Gasteiger charge is -2.16. The maximum atomic E-state index is 13.4. The molecule has 5 nitrogen and oxygen atoms in total. The first-order valence-electron chi connectivity index (χ1n) is 5.78. The Kier molecular flexibility index (Phi) is 3.84. The lowest BCUT2D eigenvalue weighted by atomic mass is 10.2. The van der Waals surface area contributed by atoms with Crippen LogP contribution in [0.1, 0.15) is 6.42 Å². The van der Waals surface area contributed by atoms with Crippen LogP contribution in [0.5, 0.6) is 5.75 Å². The summed E-state index contributed by atoms with van der Waals surface area (Å²) in [5.74, 6) is -2.27. The van der Waals surface area contributed by atoms with Crippen molar-refractivity contribution in [3.05, 3.63) is 23.8 Å². The van der Waals surface area contributed by atoms with Crippen LogP contribution in [0, 0.1) is 11.6 Å². The molecule has 0 aromatic heterocycles. The van der Waals surface area contributed by atoms with E-state index in [0.29, 0.717) is 13.0 Å². The Bertz CT molecular complexity index is 473. The average molecular weight is 272 g/mol. The highest BCUT2D eigenvalue weighted by atomic mass is 19.1. The van der Waals surface area contributed by atoms with Crippen molar-refractivity contribution in [3.63, 3.8) is 0 Å². The van der Waals surface area contributed by atoms with Gasteiger partial charge in [-0.25, -0.2) is 13.6 Å². The Morgan fingerprint density at radius 2 is 2.11 bits per heavy atom. The summed E-state index contributed by atoms with van der Waals surface area (Å²) in [5, 5.41) is 11.7. The Balaban J connectivity index is 2.09. The number of rotatable bonds is 2. The number of methoxy groups -OCH3 is 1. The van der Waals surface area contributed by atoms with Crippen LogP contribution in [0.25, 0.3) is 0 Å². The molecule has 0 unspecified atom stereocenters. The maximum Gasteiger partial charge on any atom is 0.321 e. The van der Waals surface area contributed by atoms with Gasteiger partial charge in [0.2, 0.25) is 0 Å². The third-order valence-corrected chi connectivity index (χ3v) is 2.90. The number of halogens is 2. The van der Waals surface area contributed by atoms with E-state index < -0.39 is 29.5 Å². The van der Waals surface area contributed by atoms with Crippen LogP contribution in [0.2, 0.25) is 0 Å². The van der Waals surface area contributed by atoms with Gasteiger partial charge < -0.3 is 20.1 Å². The number of nitrogens with zero attached hydrogens (tertiary/aromatic N) is 1. The quantitative estimate of drug-likeness (QED) is 0.859. The number of β-amino-alcohol motifs (C(OH)–C–C–N with tert-alkyl or cyclic N) is 1. The van der Waals surface area contributed by atoms with E-state index in [4.69, 9.17) is 0 Å². The molecule has 1 fully saturated rings. The number of hydrogen-bond acceptors (Lipinski definition) is 3. The Labute approximate surface area is 108 Å². The summed E-state index contributed by atoms with van der Waals surface area (Å²) in [6.45, 7) is 0.626. The number of urea groups is 1. The highest BCUT2D eigenvalue weighted by Gasteiger charge is 2.25. The molecule has 0 bridgehead atoms. The molecule has 2 amide bonds. The van der Waals surface area contributed by atoms with Crippen LogP contribution in [0.3, 0.4) is 0 Å². The van der Waals surface area contributed by atoms with E-state index in [9.17, 15) is 18.7 Å². The van der Waals surface area contributed by atoms with Gasteiger partial charge in [0.15, 0.2) is 17.4 Å². The fourth-order valence-electron chi connectivity index (χ4n) is 1.96. The Morgan fingerprint density at radius 3 is 2.58 bits per heavy atom. The molecule has 7 heteroatoms. The molecule has 0 spiro atoms. The monoisotopic (exact) mass is 272 g/mol. The molecule has 2 N–H and O–H groups in total. The van der Waals surface area contributed by atoms with Crippen molar-refractivity contribution >= 4 is 11.7 Å². The smallest absolute Gasteiger partial charge is 0.321 e. The van der Waals surface area contributed by atoms with Crippen molar-refractivity contribution in [2.75, 3.05) is 25.5 Å². The van der Waals surface area contributed by atoms with Crippen molar-refractivity contribution in [2.45, 2.75) is 12.5 Å². The molecule has 0 radical (unpaired) electrons. The van der Waals surface area contributed by atoms with E-state index in [2.05, 4.69) is 10.1 Å². The number of hydrogen-bond donors (Lipinski definition) is 2. The fourth-order valence-corrected chi connectivity index (χ4v) is 1.96. The zero-order valence-corrected chi connectivity index (χ0v) is 10.3. The van der Waals surface area contributed by atoms with Crippen LogP contribution in [-0.4, -0.2) is 42.3 Å². The van der Waals surface area contributed by atoms with Crippen molar-refractivity contribution in [2.24, 2.45) is 0 Å².